The smallest absolute Gasteiger partial charge is 0.414 e. The van der Waals surface area contributed by atoms with E-state index in [0.29, 0.717) is 80.3 Å². The Hall–Kier alpha value is -8.23. The van der Waals surface area contributed by atoms with Crippen molar-refractivity contribution in [1.82, 2.24) is 34.5 Å². The van der Waals surface area contributed by atoms with E-state index < -0.39 is 6.09 Å². The molecule has 20 nitrogen and oxygen atoms in total. The molecule has 0 aliphatic carbocycles. The van der Waals surface area contributed by atoms with Gasteiger partial charge in [-0.2, -0.15) is 0 Å². The third kappa shape index (κ3) is 14.6. The standard InChI is InChI=1S/C11H12FNO2.C11H13NO2.C10H12N2O2.C9H11N3O2.C8H8N4O/c1-8-3-4-9(7-10(8)12)13-5-2-6-15-11(13)14;1-9-3-5-10(6-4-9)12-7-2-8-14-11(12)13;1-8-3-4-9(7-11-8)12-5-2-6-14-10(12)13;1-7-10-5-8(6-11-7)12-3-2-4-14-9(12)13;1-6-10-4-7(5-11-6)12-3-2-9-8(12)13/h3-4,7H,2,5-6H2,1H3;3-6H,2,7-8H2,1H3;3-4,7H,2,5-6H2,1H3;5-6H,2-4H2,1H3;2-5H,1H3,(H,9,13). The molecule has 4 aliphatic rings. The Bertz CT molecular complexity index is 2550. The zero-order valence-electron chi connectivity index (χ0n) is 39.7. The number of aryl methyl sites for hydroxylation is 5. The fraction of sp³-hybridized carbons (Fsp3) is 0.347. The Labute approximate surface area is 404 Å². The SMILES string of the molecule is Cc1ccc(N2CCCOC2=O)cc1.Cc1ccc(N2CCCOC2=O)cc1F.Cc1ccc(N2CCCOC2=O)cn1.Cc1ncc(-n2cc[nH]c2=O)cn1.Cc1ncc(N2CCCOC2=O)cn1. The van der Waals surface area contributed by atoms with Crippen LogP contribution in [0.4, 0.5) is 46.3 Å². The first-order chi connectivity index (χ1) is 33.8. The van der Waals surface area contributed by atoms with Gasteiger partial charge in [0.1, 0.15) is 17.5 Å². The molecule has 0 saturated carbocycles. The molecule has 368 valence electrons. The molecule has 0 radical (unpaired) electrons. The summed E-state index contributed by atoms with van der Waals surface area (Å²) in [7, 11) is 0. The van der Waals surface area contributed by atoms with Crippen LogP contribution in [-0.4, -0.2) is 111 Å². The highest BCUT2D eigenvalue weighted by molar-refractivity contribution is 5.89. The number of aromatic amines is 1. The molecule has 21 heteroatoms. The summed E-state index contributed by atoms with van der Waals surface area (Å²) in [4.78, 5) is 85.6. The van der Waals surface area contributed by atoms with Crippen LogP contribution in [0.15, 0.2) is 103 Å². The fourth-order valence-corrected chi connectivity index (χ4v) is 6.80. The Balaban J connectivity index is 0.000000144. The van der Waals surface area contributed by atoms with Crippen LogP contribution in [0.25, 0.3) is 5.69 Å². The maximum atomic E-state index is 13.3. The number of amides is 4. The average Bonchev–Trinajstić information content (AvgIpc) is 3.80. The quantitative estimate of drug-likeness (QED) is 0.162. The van der Waals surface area contributed by atoms with Crippen LogP contribution in [0.1, 0.15) is 54.2 Å². The molecule has 4 aliphatic heterocycles. The lowest BCUT2D eigenvalue weighted by atomic mass is 10.2. The minimum Gasteiger partial charge on any atom is -0.449 e. The highest BCUT2D eigenvalue weighted by Crippen LogP contribution is 2.22. The van der Waals surface area contributed by atoms with Gasteiger partial charge in [-0.15, -0.1) is 0 Å². The second-order valence-corrected chi connectivity index (χ2v) is 16.0. The van der Waals surface area contributed by atoms with E-state index in [1.165, 1.54) is 21.1 Å². The third-order valence-corrected chi connectivity index (χ3v) is 10.7. The molecule has 0 unspecified atom stereocenters. The Morgan fingerprint density at radius 2 is 0.900 bits per heavy atom. The van der Waals surface area contributed by atoms with Gasteiger partial charge in [0.15, 0.2) is 0 Å². The molecule has 6 aromatic rings. The Morgan fingerprint density at radius 1 is 0.486 bits per heavy atom. The van der Waals surface area contributed by atoms with Crippen molar-refractivity contribution in [3.8, 4) is 5.69 Å². The molecule has 0 bridgehead atoms. The lowest BCUT2D eigenvalue weighted by Gasteiger charge is -2.26. The van der Waals surface area contributed by atoms with Gasteiger partial charge in [-0.1, -0.05) is 23.8 Å². The molecule has 4 saturated heterocycles. The number of nitrogens with one attached hydrogen (secondary N) is 1. The molecule has 4 aromatic heterocycles. The van der Waals surface area contributed by atoms with Crippen molar-refractivity contribution in [2.24, 2.45) is 0 Å². The predicted octanol–water partition coefficient (Wildman–Crippen LogP) is 7.96. The molecular weight excluding hydrogens is 906 g/mol. The van der Waals surface area contributed by atoms with Gasteiger partial charge in [-0.25, -0.2) is 48.3 Å². The topological polar surface area (TPSA) is 220 Å². The molecule has 70 heavy (non-hydrogen) atoms. The maximum Gasteiger partial charge on any atom is 0.414 e. The lowest BCUT2D eigenvalue weighted by Crippen LogP contribution is -2.37. The van der Waals surface area contributed by atoms with E-state index in [1.54, 1.807) is 91.0 Å². The van der Waals surface area contributed by atoms with Crippen LogP contribution >= 0.6 is 0 Å². The van der Waals surface area contributed by atoms with Crippen molar-refractivity contribution in [3.63, 3.8) is 0 Å². The van der Waals surface area contributed by atoms with E-state index in [1.807, 2.05) is 50.2 Å². The average molecular weight is 962 g/mol. The summed E-state index contributed by atoms with van der Waals surface area (Å²) >= 11 is 0. The van der Waals surface area contributed by atoms with Crippen LogP contribution in [0.5, 0.6) is 0 Å². The summed E-state index contributed by atoms with van der Waals surface area (Å²) in [5.74, 6) is 1.08. The normalized spacial score (nSPS) is 15.4. The monoisotopic (exact) mass is 961 g/mol. The van der Waals surface area contributed by atoms with Gasteiger partial charge in [0.2, 0.25) is 0 Å². The minimum atomic E-state index is -0.399. The minimum absolute atomic E-state index is 0.188. The molecule has 4 amide bonds. The van der Waals surface area contributed by atoms with Crippen molar-refractivity contribution in [2.45, 2.75) is 60.3 Å². The Morgan fingerprint density at radius 3 is 1.33 bits per heavy atom. The lowest BCUT2D eigenvalue weighted by molar-refractivity contribution is 0.139. The summed E-state index contributed by atoms with van der Waals surface area (Å²) < 4.78 is 34.4. The summed E-state index contributed by atoms with van der Waals surface area (Å²) in [6, 6.07) is 16.4. The van der Waals surface area contributed by atoms with Crippen LogP contribution in [0, 0.1) is 40.4 Å². The van der Waals surface area contributed by atoms with Crippen molar-refractivity contribution < 1.29 is 42.5 Å². The van der Waals surface area contributed by atoms with Gasteiger partial charge in [0.25, 0.3) is 0 Å². The molecule has 0 spiro atoms. The van der Waals surface area contributed by atoms with Crippen molar-refractivity contribution in [2.75, 3.05) is 72.2 Å². The van der Waals surface area contributed by atoms with Gasteiger partial charge < -0.3 is 23.9 Å². The van der Waals surface area contributed by atoms with Gasteiger partial charge in [0.05, 0.1) is 74.5 Å². The summed E-state index contributed by atoms with van der Waals surface area (Å²) in [5, 5.41) is 0. The zero-order chi connectivity index (χ0) is 50.0. The van der Waals surface area contributed by atoms with E-state index in [4.69, 9.17) is 18.9 Å². The number of ether oxygens (including phenoxy) is 4. The highest BCUT2D eigenvalue weighted by atomic mass is 19.1. The van der Waals surface area contributed by atoms with Gasteiger partial charge >= 0.3 is 30.1 Å². The molecule has 1 N–H and O–H groups in total. The molecule has 10 rings (SSSR count). The van der Waals surface area contributed by atoms with E-state index in [2.05, 4.69) is 29.9 Å². The first kappa shape index (κ1) is 51.2. The van der Waals surface area contributed by atoms with E-state index in [-0.39, 0.29) is 29.8 Å². The number of anilines is 4. The fourth-order valence-electron chi connectivity index (χ4n) is 6.80. The van der Waals surface area contributed by atoms with Crippen LogP contribution in [0.2, 0.25) is 0 Å². The van der Waals surface area contributed by atoms with E-state index >= 15 is 0 Å². The molecule has 2 aromatic carbocycles. The number of H-pyrrole nitrogens is 1. The van der Waals surface area contributed by atoms with Crippen molar-refractivity contribution in [3.05, 3.63) is 143 Å². The summed E-state index contributed by atoms with van der Waals surface area (Å²) in [6.45, 7) is 14.0. The number of rotatable bonds is 5. The number of hydrogen-bond acceptors (Lipinski definition) is 14. The second kappa shape index (κ2) is 25.2. The van der Waals surface area contributed by atoms with Gasteiger partial charge in [-0.05, 0) is 102 Å². The number of carbonyl (C=O) groups is 4. The maximum absolute atomic E-state index is 13.3. The number of nitrogens with zero attached hydrogens (tertiary/aromatic N) is 10. The van der Waals surface area contributed by atoms with Crippen LogP contribution in [0.3, 0.4) is 0 Å². The number of halogens is 1. The molecule has 4 fully saturated rings. The van der Waals surface area contributed by atoms with Crippen molar-refractivity contribution >= 4 is 47.1 Å². The number of benzene rings is 2. The summed E-state index contributed by atoms with van der Waals surface area (Å²) in [5.41, 5.74) is 6.16. The zero-order valence-corrected chi connectivity index (χ0v) is 39.7. The third-order valence-electron chi connectivity index (χ3n) is 10.7. The predicted molar refractivity (Wildman–Crippen MR) is 258 cm³/mol. The number of imidazole rings is 1. The number of pyridine rings is 1. The molecular formula is C49H56FN11O9. The number of aromatic nitrogens is 7. The van der Waals surface area contributed by atoms with Crippen molar-refractivity contribution in [1.29, 1.82) is 0 Å². The highest BCUT2D eigenvalue weighted by Gasteiger charge is 2.24. The number of carbonyl (C=O) groups excluding carboxylic acids is 4. The number of hydrogen-bond donors (Lipinski definition) is 1. The molecule has 0 atom stereocenters. The first-order valence-corrected chi connectivity index (χ1v) is 22.6. The van der Waals surface area contributed by atoms with E-state index in [9.17, 15) is 28.4 Å². The van der Waals surface area contributed by atoms with Gasteiger partial charge in [-0.3, -0.25) is 29.2 Å². The van der Waals surface area contributed by atoms with Crippen LogP contribution < -0.4 is 25.3 Å². The van der Waals surface area contributed by atoms with Crippen LogP contribution in [-0.2, 0) is 18.9 Å². The second-order valence-electron chi connectivity index (χ2n) is 16.0. The Kier molecular flexibility index (Phi) is 18.4. The van der Waals surface area contributed by atoms with Gasteiger partial charge in [0, 0.05) is 55.6 Å². The van der Waals surface area contributed by atoms with E-state index in [0.717, 1.165) is 49.3 Å². The summed E-state index contributed by atoms with van der Waals surface area (Å²) in [6.07, 6.45) is 13.6. The first-order valence-electron chi connectivity index (χ1n) is 22.6. The molecule has 8 heterocycles. The largest absolute Gasteiger partial charge is 0.449 e. The number of cyclic esters (lactones) is 4.